The molecular formula is C37H62N4O5S. The van der Waals surface area contributed by atoms with Crippen LogP contribution in [0.1, 0.15) is 119 Å². The summed E-state index contributed by atoms with van der Waals surface area (Å²) in [5, 5.41) is 9.13. The number of thioether (sulfide) groups is 1. The van der Waals surface area contributed by atoms with Crippen LogP contribution in [0.25, 0.3) is 0 Å². The summed E-state index contributed by atoms with van der Waals surface area (Å²) in [6.45, 7) is 22.4. The Morgan fingerprint density at radius 1 is 0.936 bits per heavy atom. The zero-order valence-electron chi connectivity index (χ0n) is 30.7. The monoisotopic (exact) mass is 674 g/mol. The van der Waals surface area contributed by atoms with Crippen molar-refractivity contribution in [3.8, 4) is 0 Å². The maximum absolute atomic E-state index is 13.1. The number of fused-ring (bicyclic) bond motifs is 2. The van der Waals surface area contributed by atoms with E-state index in [2.05, 4.69) is 63.5 Å². The highest BCUT2D eigenvalue weighted by Gasteiger charge is 2.51. The van der Waals surface area contributed by atoms with E-state index in [0.717, 1.165) is 50.0 Å². The molecule has 2 amide bonds. The molecule has 1 aromatic heterocycles. The van der Waals surface area contributed by atoms with Crippen molar-refractivity contribution in [1.29, 1.82) is 0 Å². The molecule has 10 heteroatoms. The summed E-state index contributed by atoms with van der Waals surface area (Å²) < 4.78 is 13.5. The van der Waals surface area contributed by atoms with E-state index < -0.39 is 0 Å². The molecule has 0 N–H and O–H groups in total. The van der Waals surface area contributed by atoms with Crippen LogP contribution in [0.4, 0.5) is 0 Å². The minimum Gasteiger partial charge on any atom is -0.379 e. The van der Waals surface area contributed by atoms with Crippen LogP contribution in [0.3, 0.4) is 0 Å². The molecule has 4 atom stereocenters. The Bertz CT molecular complexity index is 1240. The largest absolute Gasteiger partial charge is 0.379 e. The zero-order valence-corrected chi connectivity index (χ0v) is 31.5. The number of carbonyl (C=O) groups excluding carboxylic acids is 3. The Hall–Kier alpha value is -1.78. The first-order chi connectivity index (χ1) is 22.0. The van der Waals surface area contributed by atoms with E-state index in [1.54, 1.807) is 11.8 Å². The summed E-state index contributed by atoms with van der Waals surface area (Å²) in [6, 6.07) is 0. The van der Waals surface area contributed by atoms with Crippen LogP contribution >= 0.6 is 11.8 Å². The number of amides is 2. The number of likely N-dealkylation sites (tertiary alicyclic amines) is 1. The third kappa shape index (κ3) is 10.9. The second kappa shape index (κ2) is 15.8. The molecule has 0 aromatic carbocycles. The summed E-state index contributed by atoms with van der Waals surface area (Å²) in [4.78, 5) is 39.1. The third-order valence-corrected chi connectivity index (χ3v) is 11.6. The fourth-order valence-electron chi connectivity index (χ4n) is 7.54. The van der Waals surface area contributed by atoms with Crippen molar-refractivity contribution in [2.24, 2.45) is 34.0 Å². The minimum absolute atomic E-state index is 0.105. The van der Waals surface area contributed by atoms with Gasteiger partial charge in [-0.1, -0.05) is 67.5 Å². The first kappa shape index (κ1) is 38.0. The second-order valence-electron chi connectivity index (χ2n) is 17.2. The van der Waals surface area contributed by atoms with Gasteiger partial charge in [0.15, 0.2) is 0 Å². The quantitative estimate of drug-likeness (QED) is 0.128. The van der Waals surface area contributed by atoms with Crippen LogP contribution < -0.4 is 0 Å². The van der Waals surface area contributed by atoms with Gasteiger partial charge in [-0.15, -0.1) is 16.9 Å². The van der Waals surface area contributed by atoms with E-state index in [1.165, 1.54) is 35.6 Å². The van der Waals surface area contributed by atoms with Gasteiger partial charge in [0, 0.05) is 24.8 Å². The van der Waals surface area contributed by atoms with Crippen LogP contribution in [0.15, 0.2) is 0 Å². The van der Waals surface area contributed by atoms with Crippen molar-refractivity contribution in [3.63, 3.8) is 0 Å². The van der Waals surface area contributed by atoms with E-state index >= 15 is 0 Å². The summed E-state index contributed by atoms with van der Waals surface area (Å²) >= 11 is 1.54. The van der Waals surface area contributed by atoms with Gasteiger partial charge in [-0.05, 0) is 78.8 Å². The molecule has 0 radical (unpaired) electrons. The molecular weight excluding hydrogens is 612 g/mol. The Morgan fingerprint density at radius 3 is 2.26 bits per heavy atom. The molecule has 266 valence electrons. The number of carbonyl (C=O) groups is 3. The van der Waals surface area contributed by atoms with Crippen molar-refractivity contribution < 1.29 is 23.9 Å². The first-order valence-electron chi connectivity index (χ1n) is 18.1. The van der Waals surface area contributed by atoms with Gasteiger partial charge in [-0.25, -0.2) is 4.68 Å². The summed E-state index contributed by atoms with van der Waals surface area (Å²) in [5.41, 5.74) is 2.59. The molecule has 1 unspecified atom stereocenters. The number of hydrogen-bond acceptors (Lipinski definition) is 8. The molecule has 1 saturated heterocycles. The number of rotatable bonds is 18. The number of nitrogens with zero attached hydrogens (tertiary/aromatic N) is 4. The molecule has 1 aromatic rings. The van der Waals surface area contributed by atoms with Gasteiger partial charge in [0.1, 0.15) is 5.78 Å². The van der Waals surface area contributed by atoms with Gasteiger partial charge in [0.2, 0.25) is 11.8 Å². The molecule has 3 aliphatic rings. The van der Waals surface area contributed by atoms with Crippen molar-refractivity contribution in [2.75, 3.05) is 33.0 Å². The van der Waals surface area contributed by atoms with E-state index in [0.29, 0.717) is 38.1 Å². The average Bonchev–Trinajstić information content (AvgIpc) is 3.31. The number of ketones is 1. The van der Waals surface area contributed by atoms with E-state index in [1.807, 2.05) is 13.8 Å². The van der Waals surface area contributed by atoms with Crippen molar-refractivity contribution in [3.05, 3.63) is 11.4 Å². The summed E-state index contributed by atoms with van der Waals surface area (Å²) in [5.74, 6) is 2.42. The van der Waals surface area contributed by atoms with Gasteiger partial charge in [0.05, 0.1) is 49.6 Å². The second-order valence-corrected chi connectivity index (χ2v) is 19.0. The van der Waals surface area contributed by atoms with Gasteiger partial charge in [-0.3, -0.25) is 19.3 Å². The lowest BCUT2D eigenvalue weighted by molar-refractivity contribution is -0.139. The Morgan fingerprint density at radius 2 is 1.60 bits per heavy atom. The molecule has 2 fully saturated rings. The van der Waals surface area contributed by atoms with Crippen molar-refractivity contribution in [2.45, 2.75) is 137 Å². The maximum atomic E-state index is 13.1. The molecule has 0 bridgehead atoms. The number of aromatic nitrogens is 3. The lowest BCUT2D eigenvalue weighted by atomic mass is 9.74. The summed E-state index contributed by atoms with van der Waals surface area (Å²) in [7, 11) is 0. The SMILES string of the molecule is CC(C)SC1CC(=O)N(CCOCCOCCC(=O)C(C)(C)CCC(C)(C)C[C@@H]2[C@@H]3CCc4nnn(CC(C)(C)C)c4CC[C@@H]32)C1=O. The number of hydrogen-bond donors (Lipinski definition) is 0. The molecule has 2 aliphatic carbocycles. The molecule has 4 rings (SSSR count). The smallest absolute Gasteiger partial charge is 0.242 e. The lowest BCUT2D eigenvalue weighted by Crippen LogP contribution is -2.34. The fourth-order valence-corrected chi connectivity index (χ4v) is 8.68. The average molecular weight is 675 g/mol. The standard InChI is InChI=1S/C37H62N4O5S/c1-25(2)47-31-22-33(43)40(34(31)44)17-19-46-21-20-45-18-14-32(42)37(8,9)16-15-36(6,7)23-28-26-10-12-29-30(13-11-27(26)28)41(39-38-29)24-35(3,4)5/h25-28,31H,10-24H2,1-9H3/t26-,27+,28-,31?/m1/s1. The molecule has 47 heavy (non-hydrogen) atoms. The van der Waals surface area contributed by atoms with Crippen LogP contribution in [0, 0.1) is 34.0 Å². The first-order valence-corrected chi connectivity index (χ1v) is 19.0. The molecule has 1 saturated carbocycles. The Balaban J connectivity index is 1.09. The number of ether oxygens (including phenoxy) is 2. The number of aryl methyl sites for hydroxylation is 1. The van der Waals surface area contributed by atoms with E-state index in [-0.39, 0.29) is 52.1 Å². The normalized spacial score (nSPS) is 23.6. The van der Waals surface area contributed by atoms with Crippen LogP contribution in [-0.2, 0) is 43.2 Å². The summed E-state index contributed by atoms with van der Waals surface area (Å²) in [6.07, 6.45) is 8.41. The van der Waals surface area contributed by atoms with E-state index in [4.69, 9.17) is 9.47 Å². The highest BCUT2D eigenvalue weighted by molar-refractivity contribution is 8.01. The Labute approximate surface area is 288 Å². The zero-order chi connectivity index (χ0) is 34.6. The van der Waals surface area contributed by atoms with Crippen LogP contribution in [0.2, 0.25) is 0 Å². The third-order valence-electron chi connectivity index (χ3n) is 10.4. The molecule has 2 heterocycles. The molecule has 0 spiro atoms. The highest BCUT2D eigenvalue weighted by atomic mass is 32.2. The van der Waals surface area contributed by atoms with Crippen molar-refractivity contribution in [1.82, 2.24) is 19.9 Å². The molecule has 1 aliphatic heterocycles. The van der Waals surface area contributed by atoms with Gasteiger partial charge >= 0.3 is 0 Å². The van der Waals surface area contributed by atoms with Gasteiger partial charge in [-0.2, -0.15) is 0 Å². The van der Waals surface area contributed by atoms with Crippen molar-refractivity contribution >= 4 is 29.4 Å². The molecule has 9 nitrogen and oxygen atoms in total. The predicted molar refractivity (Wildman–Crippen MR) is 187 cm³/mol. The van der Waals surface area contributed by atoms with Gasteiger partial charge in [0.25, 0.3) is 0 Å². The fraction of sp³-hybridized carbons (Fsp3) is 0.865. The van der Waals surface area contributed by atoms with Gasteiger partial charge < -0.3 is 9.47 Å². The number of imide groups is 1. The van der Waals surface area contributed by atoms with Crippen LogP contribution in [0.5, 0.6) is 0 Å². The Kier molecular flexibility index (Phi) is 12.8. The van der Waals surface area contributed by atoms with E-state index in [9.17, 15) is 14.4 Å². The topological polar surface area (TPSA) is 104 Å². The maximum Gasteiger partial charge on any atom is 0.242 e. The minimum atomic E-state index is -0.380. The number of Topliss-reactive ketones (excluding diaryl/α,β-unsaturated/α-hetero) is 1. The lowest BCUT2D eigenvalue weighted by Gasteiger charge is -2.31. The van der Waals surface area contributed by atoms with Crippen LogP contribution in [-0.4, -0.2) is 81.0 Å². The predicted octanol–water partition coefficient (Wildman–Crippen LogP) is 6.55. The highest BCUT2D eigenvalue weighted by Crippen LogP contribution is 2.58.